The number of hydrogen-bond donors (Lipinski definition) is 1. The second kappa shape index (κ2) is 9.68. The molecule has 1 saturated heterocycles. The fraction of sp³-hybridized carbons (Fsp3) is 0.200. The van der Waals surface area contributed by atoms with E-state index in [9.17, 15) is 18.0 Å². The fourth-order valence-electron chi connectivity index (χ4n) is 3.69. The standard InChI is InChI=1S/C25H22F3N3O/c26-20-9-4-17(5-10-20)24(29-30-25(32)19-8-13-22(27)23(28)16-19)18-6-11-21(12-7-18)31-14-2-1-3-15-31/h4-13,16H,1-3,14-15H2,(H,30,32). The van der Waals surface area contributed by atoms with Crippen LogP contribution in [-0.2, 0) is 0 Å². The minimum absolute atomic E-state index is 0.0634. The van der Waals surface area contributed by atoms with Crippen LogP contribution in [0.1, 0.15) is 40.7 Å². The van der Waals surface area contributed by atoms with Gasteiger partial charge < -0.3 is 4.90 Å². The molecule has 1 heterocycles. The molecule has 0 aliphatic carbocycles. The van der Waals surface area contributed by atoms with Crippen LogP contribution in [0.3, 0.4) is 0 Å². The number of nitrogens with zero attached hydrogens (tertiary/aromatic N) is 2. The van der Waals surface area contributed by atoms with E-state index < -0.39 is 17.5 Å². The number of nitrogens with one attached hydrogen (secondary N) is 1. The third-order valence-electron chi connectivity index (χ3n) is 5.43. The predicted molar refractivity (Wildman–Crippen MR) is 118 cm³/mol. The van der Waals surface area contributed by atoms with Crippen molar-refractivity contribution < 1.29 is 18.0 Å². The summed E-state index contributed by atoms with van der Waals surface area (Å²) in [4.78, 5) is 14.7. The summed E-state index contributed by atoms with van der Waals surface area (Å²) in [5.74, 6) is -3.23. The Labute approximate surface area is 184 Å². The van der Waals surface area contributed by atoms with E-state index >= 15 is 0 Å². The molecular formula is C25H22F3N3O. The number of benzene rings is 3. The summed E-state index contributed by atoms with van der Waals surface area (Å²) in [6.07, 6.45) is 3.58. The minimum Gasteiger partial charge on any atom is -0.372 e. The van der Waals surface area contributed by atoms with E-state index in [4.69, 9.17) is 0 Å². The first-order chi connectivity index (χ1) is 15.5. The number of piperidine rings is 1. The largest absolute Gasteiger partial charge is 0.372 e. The summed E-state index contributed by atoms with van der Waals surface area (Å²) in [6.45, 7) is 2.03. The molecule has 0 unspecified atom stereocenters. The van der Waals surface area contributed by atoms with Gasteiger partial charge in [-0.15, -0.1) is 0 Å². The third-order valence-corrected chi connectivity index (χ3v) is 5.43. The van der Waals surface area contributed by atoms with Crippen LogP contribution in [0.5, 0.6) is 0 Å². The SMILES string of the molecule is O=C(NN=C(c1ccc(F)cc1)c1ccc(N2CCCCC2)cc1)c1ccc(F)c(F)c1. The lowest BCUT2D eigenvalue weighted by Crippen LogP contribution is -2.29. The molecule has 1 N–H and O–H groups in total. The van der Waals surface area contributed by atoms with E-state index in [0.717, 1.165) is 36.5 Å². The number of halogens is 3. The Kier molecular flexibility index (Phi) is 6.54. The number of carbonyl (C=O) groups is 1. The van der Waals surface area contributed by atoms with Crippen molar-refractivity contribution in [2.75, 3.05) is 18.0 Å². The van der Waals surface area contributed by atoms with Gasteiger partial charge in [0.1, 0.15) is 5.82 Å². The number of carbonyl (C=O) groups excluding carboxylic acids is 1. The molecule has 1 aliphatic rings. The van der Waals surface area contributed by atoms with Crippen LogP contribution in [0, 0.1) is 17.5 Å². The van der Waals surface area contributed by atoms with E-state index in [2.05, 4.69) is 15.4 Å². The summed E-state index contributed by atoms with van der Waals surface area (Å²) in [5.41, 5.74) is 5.18. The Morgan fingerprint density at radius 1 is 0.750 bits per heavy atom. The Morgan fingerprint density at radius 3 is 1.97 bits per heavy atom. The summed E-state index contributed by atoms with van der Waals surface area (Å²) in [5, 5.41) is 4.23. The van der Waals surface area contributed by atoms with Crippen LogP contribution in [-0.4, -0.2) is 24.7 Å². The molecule has 32 heavy (non-hydrogen) atoms. The van der Waals surface area contributed by atoms with Gasteiger partial charge in [-0.25, -0.2) is 18.6 Å². The topological polar surface area (TPSA) is 44.7 Å². The molecule has 0 radical (unpaired) electrons. The molecule has 1 fully saturated rings. The van der Waals surface area contributed by atoms with Gasteiger partial charge in [0.15, 0.2) is 11.6 Å². The highest BCUT2D eigenvalue weighted by molar-refractivity contribution is 6.13. The van der Waals surface area contributed by atoms with E-state index in [-0.39, 0.29) is 11.4 Å². The van der Waals surface area contributed by atoms with Crippen LogP contribution in [0.4, 0.5) is 18.9 Å². The summed E-state index contributed by atoms with van der Waals surface area (Å²) in [6, 6.07) is 16.4. The molecule has 164 valence electrons. The van der Waals surface area contributed by atoms with Crippen LogP contribution >= 0.6 is 0 Å². The zero-order chi connectivity index (χ0) is 22.5. The molecule has 1 aliphatic heterocycles. The monoisotopic (exact) mass is 437 g/mol. The Bertz CT molecular complexity index is 1120. The lowest BCUT2D eigenvalue weighted by Gasteiger charge is -2.28. The first kappa shape index (κ1) is 21.6. The maximum absolute atomic E-state index is 13.5. The van der Waals surface area contributed by atoms with Crippen molar-refractivity contribution in [3.05, 3.63) is 101 Å². The van der Waals surface area contributed by atoms with Gasteiger partial charge in [-0.05, 0) is 73.9 Å². The molecule has 4 rings (SSSR count). The average molecular weight is 437 g/mol. The Balaban J connectivity index is 1.62. The molecule has 0 spiro atoms. The van der Waals surface area contributed by atoms with Crippen molar-refractivity contribution in [3.8, 4) is 0 Å². The number of rotatable bonds is 5. The third kappa shape index (κ3) is 4.99. The number of anilines is 1. The Hall–Kier alpha value is -3.61. The molecule has 4 nitrogen and oxygen atoms in total. The molecule has 0 bridgehead atoms. The number of hydrogen-bond acceptors (Lipinski definition) is 3. The van der Waals surface area contributed by atoms with Crippen LogP contribution in [0.2, 0.25) is 0 Å². The summed E-state index contributed by atoms with van der Waals surface area (Å²) in [7, 11) is 0. The van der Waals surface area contributed by atoms with Gasteiger partial charge in [0.05, 0.1) is 5.71 Å². The minimum atomic E-state index is -1.12. The van der Waals surface area contributed by atoms with Crippen molar-refractivity contribution in [2.45, 2.75) is 19.3 Å². The highest BCUT2D eigenvalue weighted by atomic mass is 19.2. The van der Waals surface area contributed by atoms with Gasteiger partial charge in [0.2, 0.25) is 0 Å². The number of amides is 1. The van der Waals surface area contributed by atoms with Gasteiger partial charge >= 0.3 is 0 Å². The maximum atomic E-state index is 13.5. The zero-order valence-corrected chi connectivity index (χ0v) is 17.3. The predicted octanol–water partition coefficient (Wildman–Crippen LogP) is 5.28. The highest BCUT2D eigenvalue weighted by Crippen LogP contribution is 2.22. The van der Waals surface area contributed by atoms with E-state index in [1.165, 1.54) is 37.5 Å². The van der Waals surface area contributed by atoms with Gasteiger partial charge in [0, 0.05) is 35.5 Å². The van der Waals surface area contributed by atoms with Crippen molar-refractivity contribution in [1.82, 2.24) is 5.43 Å². The highest BCUT2D eigenvalue weighted by Gasteiger charge is 2.14. The first-order valence-corrected chi connectivity index (χ1v) is 10.5. The first-order valence-electron chi connectivity index (χ1n) is 10.5. The van der Waals surface area contributed by atoms with E-state index in [1.54, 1.807) is 12.1 Å². The molecule has 0 saturated carbocycles. The quantitative estimate of drug-likeness (QED) is 0.436. The second-order valence-corrected chi connectivity index (χ2v) is 7.63. The second-order valence-electron chi connectivity index (χ2n) is 7.63. The summed E-state index contributed by atoms with van der Waals surface area (Å²) >= 11 is 0. The molecule has 7 heteroatoms. The van der Waals surface area contributed by atoms with Crippen LogP contribution in [0.25, 0.3) is 0 Å². The molecule has 0 aromatic heterocycles. The molecule has 1 amide bonds. The van der Waals surface area contributed by atoms with Crippen molar-refractivity contribution in [1.29, 1.82) is 0 Å². The van der Waals surface area contributed by atoms with Gasteiger partial charge in [-0.3, -0.25) is 4.79 Å². The summed E-state index contributed by atoms with van der Waals surface area (Å²) < 4.78 is 40.1. The molecule has 3 aromatic carbocycles. The van der Waals surface area contributed by atoms with Crippen molar-refractivity contribution in [3.63, 3.8) is 0 Å². The van der Waals surface area contributed by atoms with Gasteiger partial charge in [-0.2, -0.15) is 5.10 Å². The lowest BCUT2D eigenvalue weighted by atomic mass is 10.0. The fourth-order valence-corrected chi connectivity index (χ4v) is 3.69. The lowest BCUT2D eigenvalue weighted by molar-refractivity contribution is 0.0954. The molecular weight excluding hydrogens is 415 g/mol. The van der Waals surface area contributed by atoms with Crippen molar-refractivity contribution >= 4 is 17.3 Å². The molecule has 0 atom stereocenters. The van der Waals surface area contributed by atoms with E-state index in [0.29, 0.717) is 11.3 Å². The van der Waals surface area contributed by atoms with Crippen LogP contribution < -0.4 is 10.3 Å². The van der Waals surface area contributed by atoms with Crippen LogP contribution in [0.15, 0.2) is 71.8 Å². The van der Waals surface area contributed by atoms with Gasteiger partial charge in [0.25, 0.3) is 5.91 Å². The molecule has 3 aromatic rings. The van der Waals surface area contributed by atoms with Gasteiger partial charge in [-0.1, -0.05) is 12.1 Å². The Morgan fingerprint density at radius 2 is 1.34 bits per heavy atom. The average Bonchev–Trinajstić information content (AvgIpc) is 2.83. The van der Waals surface area contributed by atoms with E-state index in [1.807, 2.05) is 24.3 Å². The normalized spacial score (nSPS) is 14.3. The smallest absolute Gasteiger partial charge is 0.271 e. The zero-order valence-electron chi connectivity index (χ0n) is 17.3. The van der Waals surface area contributed by atoms with Crippen molar-refractivity contribution in [2.24, 2.45) is 5.10 Å². The number of hydrazone groups is 1. The maximum Gasteiger partial charge on any atom is 0.271 e.